The zero-order valence-electron chi connectivity index (χ0n) is 11.1. The Hall–Kier alpha value is -1.26. The highest BCUT2D eigenvalue weighted by Gasteiger charge is 2.15. The summed E-state index contributed by atoms with van der Waals surface area (Å²) in [4.78, 5) is 0. The van der Waals surface area contributed by atoms with Gasteiger partial charge in [-0.05, 0) is 41.8 Å². The molecule has 0 amide bonds. The molecule has 2 aromatic rings. The first kappa shape index (κ1) is 15.1. The summed E-state index contributed by atoms with van der Waals surface area (Å²) in [6.07, 6.45) is 0.599. The van der Waals surface area contributed by atoms with E-state index in [2.05, 4.69) is 5.43 Å². The molecule has 20 heavy (non-hydrogen) atoms. The van der Waals surface area contributed by atoms with Crippen LogP contribution < -0.4 is 16.0 Å². The fourth-order valence-corrected chi connectivity index (χ4v) is 2.61. The normalized spacial score (nSPS) is 12.2. The molecule has 106 valence electrons. The van der Waals surface area contributed by atoms with E-state index >= 15 is 0 Å². The smallest absolute Gasteiger partial charge is 0.119 e. The number of hydrazine groups is 1. The summed E-state index contributed by atoms with van der Waals surface area (Å²) in [6.45, 7) is 0. The second kappa shape index (κ2) is 6.95. The second-order valence-electron chi connectivity index (χ2n) is 4.40. The van der Waals surface area contributed by atoms with Gasteiger partial charge in [0.2, 0.25) is 0 Å². The van der Waals surface area contributed by atoms with Gasteiger partial charge in [-0.1, -0.05) is 41.4 Å². The molecule has 5 heteroatoms. The van der Waals surface area contributed by atoms with E-state index < -0.39 is 0 Å². The minimum absolute atomic E-state index is 0.0949. The van der Waals surface area contributed by atoms with Gasteiger partial charge in [0.1, 0.15) is 5.75 Å². The van der Waals surface area contributed by atoms with Crippen molar-refractivity contribution in [2.45, 2.75) is 12.5 Å². The van der Waals surface area contributed by atoms with Crippen LogP contribution in [0.5, 0.6) is 5.75 Å². The van der Waals surface area contributed by atoms with E-state index in [4.69, 9.17) is 33.8 Å². The Bertz CT molecular complexity index is 570. The molecule has 0 radical (unpaired) electrons. The highest BCUT2D eigenvalue weighted by molar-refractivity contribution is 6.36. The first-order valence-electron chi connectivity index (χ1n) is 6.18. The van der Waals surface area contributed by atoms with Gasteiger partial charge in [-0.15, -0.1) is 0 Å². The Kier molecular flexibility index (Phi) is 5.26. The lowest BCUT2D eigenvalue weighted by Crippen LogP contribution is -2.29. The fraction of sp³-hybridized carbons (Fsp3) is 0.200. The Balaban J connectivity index is 2.29. The SMILES string of the molecule is COc1cccc(C(Cc2c(Cl)cccc2Cl)NN)c1. The number of ether oxygens (including phenoxy) is 1. The number of methoxy groups -OCH3 is 1. The van der Waals surface area contributed by atoms with Crippen LogP contribution in [0.2, 0.25) is 10.0 Å². The molecule has 1 unspecified atom stereocenters. The van der Waals surface area contributed by atoms with Crippen molar-refractivity contribution in [3.05, 3.63) is 63.6 Å². The second-order valence-corrected chi connectivity index (χ2v) is 5.21. The van der Waals surface area contributed by atoms with Gasteiger partial charge in [-0.25, -0.2) is 0 Å². The molecule has 0 saturated heterocycles. The fourth-order valence-electron chi connectivity index (χ4n) is 2.06. The largest absolute Gasteiger partial charge is 0.497 e. The maximum atomic E-state index is 6.20. The van der Waals surface area contributed by atoms with Crippen molar-refractivity contribution in [2.75, 3.05) is 7.11 Å². The standard InChI is InChI=1S/C15H16Cl2N2O/c1-20-11-5-2-4-10(8-11)15(19-18)9-12-13(16)6-3-7-14(12)17/h2-8,15,19H,9,18H2,1H3. The lowest BCUT2D eigenvalue weighted by Gasteiger charge is -2.18. The Morgan fingerprint density at radius 3 is 2.40 bits per heavy atom. The number of halogens is 2. The molecule has 0 saturated carbocycles. The number of nitrogens with two attached hydrogens (primary N) is 1. The van der Waals surface area contributed by atoms with Crippen molar-refractivity contribution >= 4 is 23.2 Å². The van der Waals surface area contributed by atoms with E-state index in [0.29, 0.717) is 16.5 Å². The maximum Gasteiger partial charge on any atom is 0.119 e. The van der Waals surface area contributed by atoms with Crippen LogP contribution in [-0.2, 0) is 6.42 Å². The van der Waals surface area contributed by atoms with Crippen LogP contribution in [0.25, 0.3) is 0 Å². The summed E-state index contributed by atoms with van der Waals surface area (Å²) >= 11 is 12.4. The van der Waals surface area contributed by atoms with E-state index in [1.165, 1.54) is 0 Å². The molecule has 2 rings (SSSR count). The zero-order chi connectivity index (χ0) is 14.5. The molecule has 0 aliphatic carbocycles. The van der Waals surface area contributed by atoms with Crippen LogP contribution in [0.1, 0.15) is 17.2 Å². The van der Waals surface area contributed by atoms with Crippen LogP contribution >= 0.6 is 23.2 Å². The van der Waals surface area contributed by atoms with Crippen molar-refractivity contribution < 1.29 is 4.74 Å². The molecule has 0 aliphatic rings. The van der Waals surface area contributed by atoms with Gasteiger partial charge in [0.25, 0.3) is 0 Å². The van der Waals surface area contributed by atoms with Crippen LogP contribution in [0, 0.1) is 0 Å². The van der Waals surface area contributed by atoms with Crippen LogP contribution in [0.4, 0.5) is 0 Å². The summed E-state index contributed by atoms with van der Waals surface area (Å²) in [5.74, 6) is 6.45. The molecule has 0 aromatic heterocycles. The summed E-state index contributed by atoms with van der Waals surface area (Å²) in [7, 11) is 1.63. The average Bonchev–Trinajstić information content (AvgIpc) is 2.47. The molecule has 2 aromatic carbocycles. The molecule has 3 nitrogen and oxygen atoms in total. The van der Waals surface area contributed by atoms with Crippen molar-refractivity contribution in [2.24, 2.45) is 5.84 Å². The molecule has 3 N–H and O–H groups in total. The number of nitrogens with one attached hydrogen (secondary N) is 1. The van der Waals surface area contributed by atoms with Crippen LogP contribution in [-0.4, -0.2) is 7.11 Å². The Morgan fingerprint density at radius 1 is 1.15 bits per heavy atom. The lowest BCUT2D eigenvalue weighted by molar-refractivity contribution is 0.413. The number of hydrogen-bond donors (Lipinski definition) is 2. The quantitative estimate of drug-likeness (QED) is 0.653. The van der Waals surface area contributed by atoms with Crippen molar-refractivity contribution in [3.63, 3.8) is 0 Å². The van der Waals surface area contributed by atoms with Gasteiger partial charge in [0.05, 0.1) is 13.2 Å². The summed E-state index contributed by atoms with van der Waals surface area (Å²) in [5, 5.41) is 1.28. The summed E-state index contributed by atoms with van der Waals surface area (Å²) in [6, 6.07) is 13.1. The van der Waals surface area contributed by atoms with Gasteiger partial charge >= 0.3 is 0 Å². The monoisotopic (exact) mass is 310 g/mol. The van der Waals surface area contributed by atoms with Gasteiger partial charge in [0, 0.05) is 10.0 Å². The minimum atomic E-state index is -0.0949. The molecule has 0 fully saturated rings. The van der Waals surface area contributed by atoms with E-state index in [-0.39, 0.29) is 6.04 Å². The predicted octanol–water partition coefficient (Wildman–Crippen LogP) is 3.75. The Morgan fingerprint density at radius 2 is 1.80 bits per heavy atom. The summed E-state index contributed by atoms with van der Waals surface area (Å²) < 4.78 is 5.23. The van der Waals surface area contributed by atoms with Gasteiger partial charge in [-0.3, -0.25) is 11.3 Å². The van der Waals surface area contributed by atoms with E-state index in [1.807, 2.05) is 42.5 Å². The van der Waals surface area contributed by atoms with Gasteiger partial charge < -0.3 is 4.74 Å². The van der Waals surface area contributed by atoms with Crippen molar-refractivity contribution in [1.82, 2.24) is 5.43 Å². The molecule has 0 heterocycles. The molecule has 0 bridgehead atoms. The van der Waals surface area contributed by atoms with E-state index in [9.17, 15) is 0 Å². The maximum absolute atomic E-state index is 6.20. The highest BCUT2D eigenvalue weighted by atomic mass is 35.5. The molecule has 0 spiro atoms. The minimum Gasteiger partial charge on any atom is -0.497 e. The third kappa shape index (κ3) is 3.44. The molecular weight excluding hydrogens is 295 g/mol. The highest BCUT2D eigenvalue weighted by Crippen LogP contribution is 2.30. The number of rotatable bonds is 5. The zero-order valence-corrected chi connectivity index (χ0v) is 12.6. The molecule has 0 aliphatic heterocycles. The van der Waals surface area contributed by atoms with Gasteiger partial charge in [-0.2, -0.15) is 0 Å². The average molecular weight is 311 g/mol. The van der Waals surface area contributed by atoms with E-state index in [1.54, 1.807) is 7.11 Å². The first-order chi connectivity index (χ1) is 9.65. The third-order valence-corrected chi connectivity index (χ3v) is 3.88. The molecule has 1 atom stereocenters. The van der Waals surface area contributed by atoms with Crippen molar-refractivity contribution in [3.8, 4) is 5.75 Å². The first-order valence-corrected chi connectivity index (χ1v) is 6.94. The van der Waals surface area contributed by atoms with Crippen LogP contribution in [0.3, 0.4) is 0 Å². The number of benzene rings is 2. The topological polar surface area (TPSA) is 47.3 Å². The third-order valence-electron chi connectivity index (χ3n) is 3.17. The van der Waals surface area contributed by atoms with Gasteiger partial charge in [0.15, 0.2) is 0 Å². The predicted molar refractivity (Wildman–Crippen MR) is 83.2 cm³/mol. The number of hydrogen-bond acceptors (Lipinski definition) is 3. The lowest BCUT2D eigenvalue weighted by atomic mass is 9.99. The molecular formula is C15H16Cl2N2O. The van der Waals surface area contributed by atoms with Crippen LogP contribution in [0.15, 0.2) is 42.5 Å². The van der Waals surface area contributed by atoms with Crippen molar-refractivity contribution in [1.29, 1.82) is 0 Å². The Labute approximate surface area is 128 Å². The van der Waals surface area contributed by atoms with E-state index in [0.717, 1.165) is 16.9 Å². The summed E-state index contributed by atoms with van der Waals surface area (Å²) in [5.41, 5.74) is 4.69.